The number of aryl methyl sites for hydroxylation is 1. The van der Waals surface area contributed by atoms with Gasteiger partial charge in [0.05, 0.1) is 25.0 Å². The monoisotopic (exact) mass is 352 g/mol. The SMILES string of the molecule is COC(=O)/C1=C/C(C(=O)OC)C(c2ccc(C)cc2)SCCS1. The zero-order chi connectivity index (χ0) is 16.8. The van der Waals surface area contributed by atoms with Crippen LogP contribution in [0.25, 0.3) is 0 Å². The fourth-order valence-corrected chi connectivity index (χ4v) is 4.73. The lowest BCUT2D eigenvalue weighted by Crippen LogP contribution is -2.23. The van der Waals surface area contributed by atoms with Crippen molar-refractivity contribution < 1.29 is 19.1 Å². The molecule has 0 amide bonds. The van der Waals surface area contributed by atoms with Crippen LogP contribution in [0.4, 0.5) is 0 Å². The Kier molecular flexibility index (Phi) is 6.59. The molecule has 0 fully saturated rings. The van der Waals surface area contributed by atoms with Crippen molar-refractivity contribution in [3.05, 3.63) is 46.4 Å². The van der Waals surface area contributed by atoms with E-state index in [0.29, 0.717) is 4.91 Å². The summed E-state index contributed by atoms with van der Waals surface area (Å²) in [5, 5.41) is -0.0800. The first-order valence-electron chi connectivity index (χ1n) is 7.25. The summed E-state index contributed by atoms with van der Waals surface area (Å²) in [6, 6.07) is 8.12. The maximum absolute atomic E-state index is 12.3. The van der Waals surface area contributed by atoms with E-state index in [9.17, 15) is 9.59 Å². The van der Waals surface area contributed by atoms with Gasteiger partial charge >= 0.3 is 11.9 Å². The maximum Gasteiger partial charge on any atom is 0.344 e. The van der Waals surface area contributed by atoms with Gasteiger partial charge in [-0.05, 0) is 18.6 Å². The van der Waals surface area contributed by atoms with Crippen LogP contribution in [0.3, 0.4) is 0 Å². The third-order valence-electron chi connectivity index (χ3n) is 3.56. The van der Waals surface area contributed by atoms with Crippen molar-refractivity contribution in [2.45, 2.75) is 12.2 Å². The molecule has 4 nitrogen and oxygen atoms in total. The second kappa shape index (κ2) is 8.45. The zero-order valence-corrected chi connectivity index (χ0v) is 15.0. The summed E-state index contributed by atoms with van der Waals surface area (Å²) in [7, 11) is 2.72. The Morgan fingerprint density at radius 3 is 2.39 bits per heavy atom. The van der Waals surface area contributed by atoms with Crippen LogP contribution in [-0.4, -0.2) is 37.7 Å². The number of benzene rings is 1. The summed E-state index contributed by atoms with van der Waals surface area (Å²) < 4.78 is 9.78. The largest absolute Gasteiger partial charge is 0.469 e. The molecule has 0 spiro atoms. The zero-order valence-electron chi connectivity index (χ0n) is 13.4. The van der Waals surface area contributed by atoms with Crippen LogP contribution < -0.4 is 0 Å². The summed E-state index contributed by atoms with van der Waals surface area (Å²) in [5.74, 6) is 0.368. The van der Waals surface area contributed by atoms with E-state index in [4.69, 9.17) is 9.47 Å². The van der Waals surface area contributed by atoms with Crippen molar-refractivity contribution in [3.8, 4) is 0 Å². The van der Waals surface area contributed by atoms with E-state index in [1.807, 2.05) is 31.2 Å². The highest BCUT2D eigenvalue weighted by Crippen LogP contribution is 2.41. The third kappa shape index (κ3) is 4.54. The molecular weight excluding hydrogens is 332 g/mol. The molecule has 0 saturated heterocycles. The van der Waals surface area contributed by atoms with Gasteiger partial charge in [-0.2, -0.15) is 11.8 Å². The van der Waals surface area contributed by atoms with Gasteiger partial charge in [0.1, 0.15) is 0 Å². The minimum absolute atomic E-state index is 0.0800. The summed E-state index contributed by atoms with van der Waals surface area (Å²) >= 11 is 3.13. The Balaban J connectivity index is 2.42. The summed E-state index contributed by atoms with van der Waals surface area (Å²) in [4.78, 5) is 24.7. The number of thioether (sulfide) groups is 2. The third-order valence-corrected chi connectivity index (χ3v) is 6.21. The molecule has 0 radical (unpaired) electrons. The highest BCUT2D eigenvalue weighted by molar-refractivity contribution is 8.06. The number of methoxy groups -OCH3 is 2. The highest BCUT2D eigenvalue weighted by Gasteiger charge is 2.32. The van der Waals surface area contributed by atoms with E-state index in [-0.39, 0.29) is 11.2 Å². The molecule has 0 aromatic heterocycles. The normalized spacial score (nSPS) is 23.9. The molecule has 1 heterocycles. The average Bonchev–Trinajstić information content (AvgIpc) is 2.55. The first kappa shape index (κ1) is 17.9. The molecule has 1 aromatic carbocycles. The fraction of sp³-hybridized carbons (Fsp3) is 0.412. The first-order valence-corrected chi connectivity index (χ1v) is 9.29. The van der Waals surface area contributed by atoms with Crippen LogP contribution >= 0.6 is 23.5 Å². The van der Waals surface area contributed by atoms with Gasteiger partial charge in [-0.3, -0.25) is 4.79 Å². The lowest BCUT2D eigenvalue weighted by atomic mass is 9.97. The van der Waals surface area contributed by atoms with Gasteiger partial charge in [0.2, 0.25) is 0 Å². The number of hydrogen-bond donors (Lipinski definition) is 0. The Morgan fingerprint density at radius 2 is 1.78 bits per heavy atom. The average molecular weight is 352 g/mol. The molecule has 1 aromatic rings. The molecule has 2 unspecified atom stereocenters. The molecule has 0 bridgehead atoms. The van der Waals surface area contributed by atoms with Crippen LogP contribution in [0.5, 0.6) is 0 Å². The molecule has 2 rings (SSSR count). The van der Waals surface area contributed by atoms with Gasteiger partial charge in [-0.15, -0.1) is 11.8 Å². The van der Waals surface area contributed by atoms with Gasteiger partial charge in [0, 0.05) is 16.8 Å². The smallest absolute Gasteiger partial charge is 0.344 e. The summed E-state index contributed by atoms with van der Waals surface area (Å²) in [6.45, 7) is 2.03. The number of carbonyl (C=O) groups excluding carboxylic acids is 2. The van der Waals surface area contributed by atoms with E-state index >= 15 is 0 Å². The molecule has 1 aliphatic rings. The van der Waals surface area contributed by atoms with E-state index < -0.39 is 11.9 Å². The van der Waals surface area contributed by atoms with Crippen LogP contribution in [0.2, 0.25) is 0 Å². The Hall–Kier alpha value is -1.40. The van der Waals surface area contributed by atoms with Gasteiger partial charge in [0.25, 0.3) is 0 Å². The second-order valence-corrected chi connectivity index (χ2v) is 7.51. The number of ether oxygens (including phenoxy) is 2. The van der Waals surface area contributed by atoms with E-state index in [1.165, 1.54) is 31.5 Å². The number of carbonyl (C=O) groups is 2. The molecule has 124 valence electrons. The molecule has 0 saturated carbocycles. The van der Waals surface area contributed by atoms with Gasteiger partial charge in [-0.1, -0.05) is 29.8 Å². The summed E-state index contributed by atoms with van der Waals surface area (Å²) in [5.41, 5.74) is 2.23. The molecule has 2 atom stereocenters. The Morgan fingerprint density at radius 1 is 1.09 bits per heavy atom. The van der Waals surface area contributed by atoms with E-state index in [1.54, 1.807) is 17.8 Å². The van der Waals surface area contributed by atoms with Crippen molar-refractivity contribution in [2.24, 2.45) is 5.92 Å². The van der Waals surface area contributed by atoms with Crippen LogP contribution in [-0.2, 0) is 19.1 Å². The molecule has 23 heavy (non-hydrogen) atoms. The van der Waals surface area contributed by atoms with Crippen molar-refractivity contribution in [1.82, 2.24) is 0 Å². The standard InChI is InChI=1S/C17H20O4S2/c1-11-4-6-12(7-5-11)15-13(16(18)20-2)10-14(17(19)21-3)22-8-9-23-15/h4-7,10,13,15H,8-9H2,1-3H3/b14-10-. The number of hydrogen-bond acceptors (Lipinski definition) is 6. The fourth-order valence-electron chi connectivity index (χ4n) is 2.34. The van der Waals surface area contributed by atoms with Gasteiger partial charge < -0.3 is 9.47 Å². The molecule has 0 aliphatic carbocycles. The van der Waals surface area contributed by atoms with E-state index in [0.717, 1.165) is 17.1 Å². The first-order chi connectivity index (χ1) is 11.1. The van der Waals surface area contributed by atoms with Crippen LogP contribution in [0.15, 0.2) is 35.2 Å². The Bertz CT molecular complexity index is 595. The predicted octanol–water partition coefficient (Wildman–Crippen LogP) is 3.36. The van der Waals surface area contributed by atoms with Crippen molar-refractivity contribution in [1.29, 1.82) is 0 Å². The summed E-state index contributed by atoms with van der Waals surface area (Å²) in [6.07, 6.45) is 1.69. The molecule has 1 aliphatic heterocycles. The van der Waals surface area contributed by atoms with Crippen LogP contribution in [0.1, 0.15) is 16.4 Å². The second-order valence-electron chi connectivity index (χ2n) is 5.12. The van der Waals surface area contributed by atoms with Gasteiger partial charge in [0.15, 0.2) is 0 Å². The van der Waals surface area contributed by atoms with Crippen molar-refractivity contribution in [2.75, 3.05) is 25.7 Å². The van der Waals surface area contributed by atoms with E-state index in [2.05, 4.69) is 0 Å². The molecule has 6 heteroatoms. The molecular formula is C17H20O4S2. The van der Waals surface area contributed by atoms with Crippen LogP contribution in [0, 0.1) is 12.8 Å². The predicted molar refractivity (Wildman–Crippen MR) is 94.4 cm³/mol. The van der Waals surface area contributed by atoms with Gasteiger partial charge in [-0.25, -0.2) is 4.79 Å². The maximum atomic E-state index is 12.3. The molecule has 0 N–H and O–H groups in total. The minimum Gasteiger partial charge on any atom is -0.469 e. The topological polar surface area (TPSA) is 52.6 Å². The Labute approximate surface area is 145 Å². The highest BCUT2D eigenvalue weighted by atomic mass is 32.2. The lowest BCUT2D eigenvalue weighted by Gasteiger charge is -2.25. The number of rotatable bonds is 3. The van der Waals surface area contributed by atoms with Crippen molar-refractivity contribution in [3.63, 3.8) is 0 Å². The lowest BCUT2D eigenvalue weighted by molar-refractivity contribution is -0.143. The van der Waals surface area contributed by atoms with Crippen molar-refractivity contribution >= 4 is 35.5 Å². The quantitative estimate of drug-likeness (QED) is 0.778. The minimum atomic E-state index is -0.519. The number of esters is 2.